The quantitative estimate of drug-likeness (QED) is 0.774. The lowest BCUT2D eigenvalue weighted by Gasteiger charge is -2.29. The Bertz CT molecular complexity index is 696. The van der Waals surface area contributed by atoms with Gasteiger partial charge in [0.2, 0.25) is 0 Å². The Labute approximate surface area is 160 Å². The zero-order valence-corrected chi connectivity index (χ0v) is 16.1. The summed E-state index contributed by atoms with van der Waals surface area (Å²) >= 11 is 0. The Kier molecular flexibility index (Phi) is 5.73. The zero-order chi connectivity index (χ0) is 19.4. The van der Waals surface area contributed by atoms with Gasteiger partial charge in [0.25, 0.3) is 0 Å². The van der Waals surface area contributed by atoms with Crippen molar-refractivity contribution in [3.05, 3.63) is 48.0 Å². The van der Waals surface area contributed by atoms with E-state index in [1.54, 1.807) is 0 Å². The normalized spacial score (nSPS) is 25.9. The van der Waals surface area contributed by atoms with Crippen LogP contribution in [0.3, 0.4) is 0 Å². The highest BCUT2D eigenvalue weighted by Crippen LogP contribution is 2.43. The summed E-state index contributed by atoms with van der Waals surface area (Å²) in [6.45, 7) is 6.20. The molecule has 2 N–H and O–H groups in total. The lowest BCUT2D eigenvalue weighted by molar-refractivity contribution is 0.0514. The summed E-state index contributed by atoms with van der Waals surface area (Å²) in [5.41, 5.74) is 0.418. The van der Waals surface area contributed by atoms with E-state index >= 15 is 0 Å². The van der Waals surface area contributed by atoms with Crippen LogP contribution in [0.2, 0.25) is 0 Å². The molecule has 2 amide bonds. The number of hydrogen-bond acceptors (Lipinski definition) is 4. The summed E-state index contributed by atoms with van der Waals surface area (Å²) in [7, 11) is 0. The van der Waals surface area contributed by atoms with Crippen LogP contribution in [0.4, 0.5) is 9.59 Å². The number of hydrogen-bond donors (Lipinski definition) is 2. The fourth-order valence-electron chi connectivity index (χ4n) is 3.83. The third-order valence-electron chi connectivity index (χ3n) is 5.00. The minimum atomic E-state index is -0.530. The van der Waals surface area contributed by atoms with Crippen molar-refractivity contribution in [1.29, 1.82) is 0 Å². The van der Waals surface area contributed by atoms with Crippen molar-refractivity contribution in [3.63, 3.8) is 0 Å². The highest BCUT2D eigenvalue weighted by molar-refractivity contribution is 5.68. The summed E-state index contributed by atoms with van der Waals surface area (Å²) in [6, 6.07) is 9.54. The summed E-state index contributed by atoms with van der Waals surface area (Å²) in [4.78, 5) is 24.2. The molecule has 1 aromatic carbocycles. The molecule has 1 fully saturated rings. The van der Waals surface area contributed by atoms with Crippen molar-refractivity contribution in [2.75, 3.05) is 6.54 Å². The van der Waals surface area contributed by atoms with Crippen LogP contribution in [0.15, 0.2) is 42.5 Å². The lowest BCUT2D eigenvalue weighted by Crippen LogP contribution is -2.47. The van der Waals surface area contributed by atoms with Gasteiger partial charge in [-0.2, -0.15) is 0 Å². The maximum atomic E-state index is 12.3. The first kappa shape index (κ1) is 19.3. The van der Waals surface area contributed by atoms with Gasteiger partial charge in [0, 0.05) is 18.5 Å². The van der Waals surface area contributed by atoms with Gasteiger partial charge in [-0.15, -0.1) is 0 Å². The van der Waals surface area contributed by atoms with Gasteiger partial charge in [-0.25, -0.2) is 9.59 Å². The molecular formula is C21H28N2O4. The first-order chi connectivity index (χ1) is 12.8. The second-order valence-electron chi connectivity index (χ2n) is 8.23. The number of rotatable bonds is 5. The highest BCUT2D eigenvalue weighted by atomic mass is 16.6. The van der Waals surface area contributed by atoms with Crippen molar-refractivity contribution >= 4 is 12.2 Å². The molecule has 146 valence electrons. The Morgan fingerprint density at radius 3 is 2.48 bits per heavy atom. The molecule has 4 atom stereocenters. The second kappa shape index (κ2) is 8.03. The zero-order valence-electron chi connectivity index (χ0n) is 16.1. The maximum absolute atomic E-state index is 12.3. The average molecular weight is 372 g/mol. The molecule has 6 heteroatoms. The number of amides is 2. The molecule has 0 aliphatic heterocycles. The van der Waals surface area contributed by atoms with Crippen LogP contribution in [-0.4, -0.2) is 30.4 Å². The molecule has 2 aliphatic rings. The average Bonchev–Trinajstić information content (AvgIpc) is 3.19. The van der Waals surface area contributed by atoms with Crippen molar-refractivity contribution in [3.8, 4) is 0 Å². The monoisotopic (exact) mass is 372 g/mol. The summed E-state index contributed by atoms with van der Waals surface area (Å²) in [5.74, 6) is 0.769. The highest BCUT2D eigenvalue weighted by Gasteiger charge is 2.45. The van der Waals surface area contributed by atoms with Gasteiger partial charge in [0.05, 0.1) is 0 Å². The fraction of sp³-hybridized carbons (Fsp3) is 0.524. The van der Waals surface area contributed by atoms with Gasteiger partial charge in [-0.3, -0.25) is 0 Å². The molecule has 0 saturated heterocycles. The molecule has 3 rings (SSSR count). The fourth-order valence-corrected chi connectivity index (χ4v) is 3.83. The largest absolute Gasteiger partial charge is 0.445 e. The van der Waals surface area contributed by atoms with Gasteiger partial charge in [0.15, 0.2) is 0 Å². The van der Waals surface area contributed by atoms with E-state index in [2.05, 4.69) is 22.8 Å². The number of alkyl carbamates (subject to hydrolysis) is 2. The molecule has 1 aromatic rings. The molecule has 0 aromatic heterocycles. The Morgan fingerprint density at radius 2 is 1.78 bits per heavy atom. The predicted octanol–water partition coefficient (Wildman–Crippen LogP) is 3.63. The summed E-state index contributed by atoms with van der Waals surface area (Å²) in [5, 5.41) is 5.84. The molecule has 2 aliphatic carbocycles. The summed E-state index contributed by atoms with van der Waals surface area (Å²) < 4.78 is 10.7. The van der Waals surface area contributed by atoms with E-state index in [1.165, 1.54) is 0 Å². The molecule has 0 spiro atoms. The molecule has 4 unspecified atom stereocenters. The first-order valence-corrected chi connectivity index (χ1v) is 9.44. The molecule has 2 bridgehead atoms. The van der Waals surface area contributed by atoms with Gasteiger partial charge in [-0.1, -0.05) is 42.5 Å². The van der Waals surface area contributed by atoms with Crippen LogP contribution in [0.25, 0.3) is 0 Å². The predicted molar refractivity (Wildman–Crippen MR) is 102 cm³/mol. The van der Waals surface area contributed by atoms with Crippen LogP contribution in [0.5, 0.6) is 0 Å². The molecule has 0 heterocycles. The van der Waals surface area contributed by atoms with Crippen LogP contribution < -0.4 is 10.6 Å². The first-order valence-electron chi connectivity index (χ1n) is 9.44. The van der Waals surface area contributed by atoms with Crippen molar-refractivity contribution in [2.24, 2.45) is 17.8 Å². The second-order valence-corrected chi connectivity index (χ2v) is 8.23. The van der Waals surface area contributed by atoms with Crippen molar-refractivity contribution in [2.45, 2.75) is 45.4 Å². The maximum Gasteiger partial charge on any atom is 0.407 e. The topological polar surface area (TPSA) is 76.7 Å². The summed E-state index contributed by atoms with van der Waals surface area (Å²) in [6.07, 6.45) is 4.47. The van der Waals surface area contributed by atoms with Gasteiger partial charge in [0.1, 0.15) is 12.2 Å². The number of benzene rings is 1. The Morgan fingerprint density at radius 1 is 1.07 bits per heavy atom. The molecule has 6 nitrogen and oxygen atoms in total. The number of fused-ring (bicyclic) bond motifs is 2. The minimum Gasteiger partial charge on any atom is -0.445 e. The Balaban J connectivity index is 1.51. The number of allylic oxidation sites excluding steroid dienone is 1. The van der Waals surface area contributed by atoms with Gasteiger partial charge in [-0.05, 0) is 44.6 Å². The van der Waals surface area contributed by atoms with Crippen molar-refractivity contribution in [1.82, 2.24) is 10.6 Å². The third kappa shape index (κ3) is 5.25. The standard InChI is InChI=1S/C21H28N2O4/c1-21(2,3)27-19(24)22-12-17-15-9-10-16(11-15)18(17)23-20(25)26-13-14-7-5-4-6-8-14/h4-10,15-18H,11-13H2,1-3H3,(H,22,24)(H,23,25). The van der Waals surface area contributed by atoms with Gasteiger partial charge < -0.3 is 20.1 Å². The number of carbonyl (C=O) groups excluding carboxylic acids is 2. The van der Waals surface area contributed by atoms with E-state index in [0.717, 1.165) is 12.0 Å². The van der Waals surface area contributed by atoms with E-state index in [1.807, 2.05) is 51.1 Å². The molecule has 27 heavy (non-hydrogen) atoms. The number of nitrogens with one attached hydrogen (secondary N) is 2. The van der Waals surface area contributed by atoms with E-state index < -0.39 is 17.8 Å². The van der Waals surface area contributed by atoms with Crippen molar-refractivity contribution < 1.29 is 19.1 Å². The van der Waals surface area contributed by atoms with Crippen LogP contribution in [0.1, 0.15) is 32.8 Å². The van der Waals surface area contributed by atoms with E-state index in [4.69, 9.17) is 9.47 Å². The number of carbonyl (C=O) groups is 2. The molecule has 0 radical (unpaired) electrons. The Hall–Kier alpha value is -2.50. The van der Waals surface area contributed by atoms with E-state index in [-0.39, 0.29) is 24.5 Å². The smallest absolute Gasteiger partial charge is 0.407 e. The minimum absolute atomic E-state index is 0.0433. The van der Waals surface area contributed by atoms with Crippen LogP contribution >= 0.6 is 0 Å². The molecule has 1 saturated carbocycles. The number of ether oxygens (including phenoxy) is 2. The van der Waals surface area contributed by atoms with E-state index in [9.17, 15) is 9.59 Å². The molecular weight excluding hydrogens is 344 g/mol. The van der Waals surface area contributed by atoms with Gasteiger partial charge >= 0.3 is 12.2 Å². The van der Waals surface area contributed by atoms with E-state index in [0.29, 0.717) is 12.5 Å². The SMILES string of the molecule is CC(C)(C)OC(=O)NCC1C2C=CC(C2)C1NC(=O)OCc1ccccc1. The lowest BCUT2D eigenvalue weighted by atomic mass is 9.89. The van der Waals surface area contributed by atoms with Crippen LogP contribution in [0, 0.1) is 17.8 Å². The third-order valence-corrected chi connectivity index (χ3v) is 5.00. The van der Waals surface area contributed by atoms with Crippen LogP contribution in [-0.2, 0) is 16.1 Å².